The van der Waals surface area contributed by atoms with Crippen molar-refractivity contribution < 1.29 is 68.3 Å². The summed E-state index contributed by atoms with van der Waals surface area (Å²) in [5.41, 5.74) is 0. The van der Waals surface area contributed by atoms with Crippen molar-refractivity contribution >= 4 is 74.5 Å². The Kier molecular flexibility index (Phi) is 27.6. The first-order valence-electron chi connectivity index (χ1n) is 12.2. The number of hydrogen-bond donors (Lipinski definition) is 7. The van der Waals surface area contributed by atoms with Crippen LogP contribution in [0.15, 0.2) is 16.5 Å². The number of aliphatic hydroxyl groups is 1. The first-order chi connectivity index (χ1) is 20.0. The van der Waals surface area contributed by atoms with E-state index >= 15 is 0 Å². The molecule has 1 rings (SSSR count). The van der Waals surface area contributed by atoms with E-state index in [4.69, 9.17) is 29.9 Å². The summed E-state index contributed by atoms with van der Waals surface area (Å²) in [6, 6.07) is 1.63. The second-order valence-electron chi connectivity index (χ2n) is 7.95. The fourth-order valence-corrected chi connectivity index (χ4v) is 3.81. The Morgan fingerprint density at radius 2 is 1.42 bits per heavy atom. The van der Waals surface area contributed by atoms with E-state index in [0.717, 1.165) is 11.1 Å². The third-order valence-corrected chi connectivity index (χ3v) is 6.33. The molecule has 0 aromatic carbocycles. The van der Waals surface area contributed by atoms with Crippen molar-refractivity contribution in [2.75, 3.05) is 12.0 Å². The third kappa shape index (κ3) is 28.2. The smallest absolute Gasteiger partial charge is 0.372 e. The maximum atomic E-state index is 10.6. The molecule has 0 aliphatic heterocycles. The van der Waals surface area contributed by atoms with Gasteiger partial charge in [-0.3, -0.25) is 19.2 Å². The van der Waals surface area contributed by atoms with Gasteiger partial charge >= 0.3 is 95.3 Å². The van der Waals surface area contributed by atoms with Gasteiger partial charge in [0.2, 0.25) is 11.7 Å². The molecule has 2 amide bonds. The Hall–Kier alpha value is -3.73. The minimum absolute atomic E-state index is 0.159. The Balaban J connectivity index is -0.000000499. The molecule has 0 radical (unpaired) electrons. The van der Waals surface area contributed by atoms with E-state index in [1.54, 1.807) is 17.8 Å². The molecule has 0 aliphatic carbocycles. The molecule has 1 aromatic rings. The van der Waals surface area contributed by atoms with E-state index in [1.165, 1.54) is 19.9 Å². The average Bonchev–Trinajstić information content (AvgIpc) is 3.41. The van der Waals surface area contributed by atoms with Crippen molar-refractivity contribution in [2.45, 2.75) is 69.4 Å². The van der Waals surface area contributed by atoms with E-state index in [2.05, 4.69) is 10.6 Å². The van der Waals surface area contributed by atoms with Gasteiger partial charge in [-0.15, -0.1) is 0 Å². The number of aldehydes is 1. The van der Waals surface area contributed by atoms with Crippen LogP contribution in [0.25, 0.3) is 0 Å². The summed E-state index contributed by atoms with van der Waals surface area (Å²) in [6.45, 7) is 2.48. The second-order valence-corrected chi connectivity index (χ2v) is 11.0. The zero-order valence-corrected chi connectivity index (χ0v) is 26.6. The summed E-state index contributed by atoms with van der Waals surface area (Å²) in [7, 11) is 0. The molecular weight excluding hydrogens is 663 g/mol. The Morgan fingerprint density at radius 3 is 1.72 bits per heavy atom. The van der Waals surface area contributed by atoms with Gasteiger partial charge in [-0.1, -0.05) is 0 Å². The summed E-state index contributed by atoms with van der Waals surface area (Å²) in [6.07, 6.45) is 2.63. The van der Waals surface area contributed by atoms with Gasteiger partial charge in [-0.2, -0.15) is 11.8 Å². The van der Waals surface area contributed by atoms with E-state index in [9.17, 15) is 38.4 Å². The molecule has 0 fully saturated rings. The number of carbonyl (C=O) groups excluding carboxylic acids is 4. The normalized spacial score (nSPS) is 10.8. The zero-order valence-electron chi connectivity index (χ0n) is 24.1. The number of aliphatic carboxylic acids is 4. The van der Waals surface area contributed by atoms with Gasteiger partial charge in [-0.05, 0) is 30.6 Å². The largest absolute Gasteiger partial charge is 0.481 e. The summed E-state index contributed by atoms with van der Waals surface area (Å²) in [4.78, 5) is 81.8. The van der Waals surface area contributed by atoms with Crippen LogP contribution >= 0.6 is 11.8 Å². The van der Waals surface area contributed by atoms with Crippen LogP contribution in [0.3, 0.4) is 0 Å². The number of nitrogens with one attached hydrogen (secondary N) is 2. The quantitative estimate of drug-likeness (QED) is 0.0704. The number of amides is 2. The molecule has 1 heterocycles. The standard InChI is InChI=1S/C7H13NO3S.C7H13NO3Se.C6H6O3.C5H6O5/c2*1-5(9)8-6(7(10)11)3-4-12-2;7-3-5-1-2-6(4-8)9-5;6-3(5(9)10)1-2-4(7)8/h2*6H,3-4H2,1-2H3,(H,8,9)(H,10,11);1-3,8H,4H2;1-2H2,(H,7,8)(H,9,10)/t2*6-;;/m00../s1. The summed E-state index contributed by atoms with van der Waals surface area (Å²) >= 11 is 2.02. The SMILES string of the molecule is CSCC[C@H](NC(C)=O)C(=O)O.C[Se]CC[C@H](NC(C)=O)C(=O)O.O=C(O)CCC(=O)C(=O)O.O=Cc1ccc(CO)o1. The minimum atomic E-state index is -1.58. The van der Waals surface area contributed by atoms with Crippen LogP contribution in [0, 0.1) is 0 Å². The van der Waals surface area contributed by atoms with Crippen LogP contribution in [0.1, 0.15) is 55.8 Å². The number of thioether (sulfide) groups is 1. The maximum absolute atomic E-state index is 10.6. The fourth-order valence-electron chi connectivity index (χ4n) is 2.35. The molecule has 18 heteroatoms. The van der Waals surface area contributed by atoms with E-state index < -0.39 is 54.6 Å². The van der Waals surface area contributed by atoms with Gasteiger partial charge in [0.15, 0.2) is 12.0 Å². The predicted octanol–water partition coefficient (Wildman–Crippen LogP) is 0.555. The zero-order chi connectivity index (χ0) is 34.0. The maximum Gasteiger partial charge on any atom is 0.372 e. The summed E-state index contributed by atoms with van der Waals surface area (Å²) in [5, 5.41) is 47.3. The first kappa shape index (κ1) is 43.7. The number of ketones is 1. The van der Waals surface area contributed by atoms with Gasteiger partial charge in [-0.25, -0.2) is 9.59 Å². The first-order valence-corrected chi connectivity index (χ1v) is 16.5. The molecule has 0 saturated heterocycles. The van der Waals surface area contributed by atoms with Crippen molar-refractivity contribution in [3.8, 4) is 0 Å². The van der Waals surface area contributed by atoms with Gasteiger partial charge < -0.3 is 30.2 Å². The molecule has 16 nitrogen and oxygen atoms in total. The van der Waals surface area contributed by atoms with Crippen LogP contribution in [-0.4, -0.2) is 112 Å². The number of furan rings is 1. The fraction of sp³-hybridized carbons (Fsp3) is 0.520. The van der Waals surface area contributed by atoms with Crippen molar-refractivity contribution in [3.05, 3.63) is 23.7 Å². The van der Waals surface area contributed by atoms with Crippen molar-refractivity contribution in [2.24, 2.45) is 0 Å². The van der Waals surface area contributed by atoms with Gasteiger partial charge in [0.25, 0.3) is 0 Å². The molecule has 0 saturated carbocycles. The van der Waals surface area contributed by atoms with E-state index in [-0.39, 0.29) is 24.2 Å². The van der Waals surface area contributed by atoms with E-state index in [0.29, 0.717) is 39.8 Å². The van der Waals surface area contributed by atoms with Crippen molar-refractivity contribution in [1.29, 1.82) is 0 Å². The summed E-state index contributed by atoms with van der Waals surface area (Å²) in [5.74, 6) is -2.89. The molecule has 0 unspecified atom stereocenters. The molecule has 0 bridgehead atoms. The molecule has 7 N–H and O–H groups in total. The number of carboxylic acid groups (broad SMARTS) is 4. The molecule has 43 heavy (non-hydrogen) atoms. The summed E-state index contributed by atoms with van der Waals surface area (Å²) < 4.78 is 4.76. The molecule has 1 aromatic heterocycles. The topological polar surface area (TPSA) is 275 Å². The number of aliphatic hydroxyl groups excluding tert-OH is 1. The van der Waals surface area contributed by atoms with Gasteiger partial charge in [0.1, 0.15) is 18.4 Å². The Bertz CT molecular complexity index is 1010. The minimum Gasteiger partial charge on any atom is -0.481 e. The van der Waals surface area contributed by atoms with Crippen LogP contribution in [0.4, 0.5) is 0 Å². The van der Waals surface area contributed by atoms with Gasteiger partial charge in [0, 0.05) is 13.3 Å². The van der Waals surface area contributed by atoms with Crippen molar-refractivity contribution in [1.82, 2.24) is 10.6 Å². The molecule has 0 aliphatic rings. The van der Waals surface area contributed by atoms with Crippen LogP contribution in [0.5, 0.6) is 0 Å². The van der Waals surface area contributed by atoms with Crippen LogP contribution in [0.2, 0.25) is 11.1 Å². The third-order valence-electron chi connectivity index (χ3n) is 4.33. The molecular formula is C25H38N2O14SSe. The number of Topliss-reactive ketones (excluding diaryl/α,β-unsaturated/α-hetero) is 1. The predicted molar refractivity (Wildman–Crippen MR) is 154 cm³/mol. The molecule has 2 atom stereocenters. The monoisotopic (exact) mass is 702 g/mol. The number of rotatable bonds is 16. The Labute approximate surface area is 258 Å². The average molecular weight is 702 g/mol. The second kappa shape index (κ2) is 27.1. The van der Waals surface area contributed by atoms with E-state index in [1.807, 2.05) is 12.1 Å². The van der Waals surface area contributed by atoms with Crippen LogP contribution < -0.4 is 10.6 Å². The molecule has 244 valence electrons. The number of hydrogen-bond acceptors (Lipinski definition) is 11. The number of carbonyl (C=O) groups is 8. The molecule has 0 spiro atoms. The number of carboxylic acids is 4. The van der Waals surface area contributed by atoms with Crippen LogP contribution in [-0.2, 0) is 40.2 Å². The van der Waals surface area contributed by atoms with Crippen molar-refractivity contribution in [3.63, 3.8) is 0 Å². The van der Waals surface area contributed by atoms with Gasteiger partial charge in [0.05, 0.1) is 6.42 Å². The Morgan fingerprint density at radius 1 is 0.907 bits per heavy atom.